The lowest BCUT2D eigenvalue weighted by Crippen LogP contribution is -2.37. The molecular weight excluding hydrogens is 290 g/mol. The number of rotatable bonds is 5. The van der Waals surface area contributed by atoms with Crippen LogP contribution in [0.25, 0.3) is 0 Å². The van der Waals surface area contributed by atoms with Crippen molar-refractivity contribution >= 4 is 23.3 Å². The van der Waals surface area contributed by atoms with Gasteiger partial charge in [0.05, 0.1) is 0 Å². The molecule has 1 rings (SSSR count). The van der Waals surface area contributed by atoms with Crippen molar-refractivity contribution in [3.8, 4) is 0 Å². The van der Waals surface area contributed by atoms with Gasteiger partial charge >= 0.3 is 6.03 Å². The molecule has 0 unspecified atom stereocenters. The van der Waals surface area contributed by atoms with Gasteiger partial charge in [-0.2, -0.15) is 0 Å². The van der Waals surface area contributed by atoms with Crippen molar-refractivity contribution in [2.45, 2.75) is 20.3 Å². The maximum atomic E-state index is 13.5. The molecule has 0 fully saturated rings. The summed E-state index contributed by atoms with van der Waals surface area (Å²) >= 11 is 5.48. The number of halogens is 3. The van der Waals surface area contributed by atoms with Crippen LogP contribution in [-0.2, 0) is 0 Å². The lowest BCUT2D eigenvalue weighted by atomic mass is 9.90. The normalized spacial score (nSPS) is 11.3. The number of hydrogen-bond acceptors (Lipinski definition) is 2. The summed E-state index contributed by atoms with van der Waals surface area (Å²) in [5, 5.41) is 13.4. The van der Waals surface area contributed by atoms with Crippen LogP contribution in [0.3, 0.4) is 0 Å². The van der Waals surface area contributed by atoms with Gasteiger partial charge in [0, 0.05) is 18.2 Å². The van der Waals surface area contributed by atoms with Crippen LogP contribution in [0.2, 0.25) is 5.02 Å². The summed E-state index contributed by atoms with van der Waals surface area (Å²) in [6, 6.07) is 1.10. The molecule has 0 radical (unpaired) electrons. The van der Waals surface area contributed by atoms with E-state index in [-0.39, 0.29) is 23.6 Å². The minimum atomic E-state index is -0.945. The van der Waals surface area contributed by atoms with Gasteiger partial charge in [0.1, 0.15) is 5.69 Å². The molecule has 0 spiro atoms. The fourth-order valence-electron chi connectivity index (χ4n) is 1.53. The van der Waals surface area contributed by atoms with Gasteiger partial charge in [0.25, 0.3) is 0 Å². The molecule has 7 heteroatoms. The van der Waals surface area contributed by atoms with E-state index in [0.29, 0.717) is 6.42 Å². The molecule has 0 saturated carbocycles. The molecule has 1 aromatic carbocycles. The molecule has 0 heterocycles. The zero-order chi connectivity index (χ0) is 15.3. The first-order valence-electron chi connectivity index (χ1n) is 6.05. The van der Waals surface area contributed by atoms with Gasteiger partial charge < -0.3 is 15.7 Å². The van der Waals surface area contributed by atoms with Crippen molar-refractivity contribution in [1.29, 1.82) is 0 Å². The Morgan fingerprint density at radius 3 is 2.40 bits per heavy atom. The number of amides is 2. The molecule has 4 nitrogen and oxygen atoms in total. The number of anilines is 1. The van der Waals surface area contributed by atoms with Crippen LogP contribution >= 0.6 is 11.6 Å². The molecule has 0 aromatic heterocycles. The Labute approximate surface area is 121 Å². The Kier molecular flexibility index (Phi) is 5.71. The van der Waals surface area contributed by atoms with Crippen LogP contribution in [0.5, 0.6) is 0 Å². The van der Waals surface area contributed by atoms with Crippen LogP contribution < -0.4 is 10.6 Å². The average molecular weight is 307 g/mol. The molecule has 0 atom stereocenters. The second-order valence-corrected chi connectivity index (χ2v) is 5.63. The summed E-state index contributed by atoms with van der Waals surface area (Å²) < 4.78 is 26.9. The highest BCUT2D eigenvalue weighted by Gasteiger charge is 2.19. The van der Waals surface area contributed by atoms with Crippen molar-refractivity contribution < 1.29 is 18.7 Å². The molecule has 0 bridgehead atoms. The van der Waals surface area contributed by atoms with E-state index in [1.807, 2.05) is 13.8 Å². The van der Waals surface area contributed by atoms with Gasteiger partial charge in [-0.3, -0.25) is 0 Å². The first-order chi connectivity index (χ1) is 9.25. The summed E-state index contributed by atoms with van der Waals surface area (Å²) in [6.45, 7) is 3.97. The second kappa shape index (κ2) is 6.85. The highest BCUT2D eigenvalue weighted by Crippen LogP contribution is 2.23. The van der Waals surface area contributed by atoms with Crippen molar-refractivity contribution in [1.82, 2.24) is 5.32 Å². The fraction of sp³-hybridized carbons (Fsp3) is 0.462. The predicted octanol–water partition coefficient (Wildman–Crippen LogP) is 3.15. The third-order valence-corrected chi connectivity index (χ3v) is 2.98. The minimum Gasteiger partial charge on any atom is -0.396 e. The SMILES string of the molecule is CC(C)(CCO)CNC(=O)Nc1c(F)cc(Cl)cc1F. The summed E-state index contributed by atoms with van der Waals surface area (Å²) in [4.78, 5) is 11.6. The minimum absolute atomic E-state index is 0.00323. The standard InChI is InChI=1S/C13H17ClF2N2O2/c1-13(2,3-4-19)7-17-12(20)18-11-9(15)5-8(14)6-10(11)16/h5-6,19H,3-4,7H2,1-2H3,(H2,17,18,20). The molecule has 1 aromatic rings. The van der Waals surface area contributed by atoms with Crippen molar-refractivity contribution in [3.63, 3.8) is 0 Å². The molecule has 112 valence electrons. The van der Waals surface area contributed by atoms with E-state index in [2.05, 4.69) is 10.6 Å². The highest BCUT2D eigenvalue weighted by molar-refractivity contribution is 6.30. The van der Waals surface area contributed by atoms with E-state index in [9.17, 15) is 13.6 Å². The number of urea groups is 1. The fourth-order valence-corrected chi connectivity index (χ4v) is 1.72. The predicted molar refractivity (Wildman–Crippen MR) is 73.9 cm³/mol. The third-order valence-electron chi connectivity index (χ3n) is 2.76. The van der Waals surface area contributed by atoms with Gasteiger partial charge in [-0.25, -0.2) is 13.6 Å². The largest absolute Gasteiger partial charge is 0.396 e. The number of carbonyl (C=O) groups is 1. The Balaban J connectivity index is 2.64. The van der Waals surface area contributed by atoms with E-state index in [4.69, 9.17) is 16.7 Å². The van der Waals surface area contributed by atoms with Crippen LogP contribution in [0, 0.1) is 17.0 Å². The lowest BCUT2D eigenvalue weighted by Gasteiger charge is -2.23. The zero-order valence-electron chi connectivity index (χ0n) is 11.3. The molecule has 0 aliphatic carbocycles. The summed E-state index contributed by atoms with van der Waals surface area (Å²) in [5.41, 5.74) is -0.865. The van der Waals surface area contributed by atoms with Crippen LogP contribution in [-0.4, -0.2) is 24.3 Å². The van der Waals surface area contributed by atoms with Crippen LogP contribution in [0.1, 0.15) is 20.3 Å². The zero-order valence-corrected chi connectivity index (χ0v) is 12.0. The maximum absolute atomic E-state index is 13.5. The molecule has 0 aliphatic heterocycles. The highest BCUT2D eigenvalue weighted by atomic mass is 35.5. The first kappa shape index (κ1) is 16.7. The van der Waals surface area contributed by atoms with E-state index < -0.39 is 23.4 Å². The van der Waals surface area contributed by atoms with Gasteiger partial charge in [-0.05, 0) is 24.0 Å². The Bertz CT molecular complexity index is 472. The summed E-state index contributed by atoms with van der Waals surface area (Å²) in [6.07, 6.45) is 0.497. The summed E-state index contributed by atoms with van der Waals surface area (Å²) in [7, 11) is 0. The smallest absolute Gasteiger partial charge is 0.319 e. The molecule has 3 N–H and O–H groups in total. The molecule has 0 saturated heterocycles. The van der Waals surface area contributed by atoms with Gasteiger partial charge in [0.15, 0.2) is 11.6 Å². The molecule has 20 heavy (non-hydrogen) atoms. The van der Waals surface area contributed by atoms with E-state index in [0.717, 1.165) is 12.1 Å². The van der Waals surface area contributed by atoms with Crippen molar-refractivity contribution in [3.05, 3.63) is 28.8 Å². The van der Waals surface area contributed by atoms with Crippen molar-refractivity contribution in [2.75, 3.05) is 18.5 Å². The molecular formula is C13H17ClF2N2O2. The topological polar surface area (TPSA) is 61.4 Å². The number of benzene rings is 1. The first-order valence-corrected chi connectivity index (χ1v) is 6.43. The van der Waals surface area contributed by atoms with E-state index in [1.165, 1.54) is 0 Å². The van der Waals surface area contributed by atoms with Crippen LogP contribution in [0.15, 0.2) is 12.1 Å². The second-order valence-electron chi connectivity index (χ2n) is 5.19. The Morgan fingerprint density at radius 2 is 1.90 bits per heavy atom. The number of nitrogens with one attached hydrogen (secondary N) is 2. The van der Waals surface area contributed by atoms with Crippen LogP contribution in [0.4, 0.5) is 19.3 Å². The monoisotopic (exact) mass is 306 g/mol. The Morgan fingerprint density at radius 1 is 1.35 bits per heavy atom. The van der Waals surface area contributed by atoms with Gasteiger partial charge in [-0.1, -0.05) is 25.4 Å². The number of carbonyl (C=O) groups excluding carboxylic acids is 1. The lowest BCUT2D eigenvalue weighted by molar-refractivity contribution is 0.204. The van der Waals surface area contributed by atoms with Crippen molar-refractivity contribution in [2.24, 2.45) is 5.41 Å². The van der Waals surface area contributed by atoms with E-state index in [1.54, 1.807) is 0 Å². The number of aliphatic hydroxyl groups excluding tert-OH is 1. The molecule has 2 amide bonds. The third kappa shape index (κ3) is 4.94. The average Bonchev–Trinajstić information content (AvgIpc) is 2.31. The van der Waals surface area contributed by atoms with Gasteiger partial charge in [-0.15, -0.1) is 0 Å². The number of hydrogen-bond donors (Lipinski definition) is 3. The van der Waals surface area contributed by atoms with E-state index >= 15 is 0 Å². The van der Waals surface area contributed by atoms with Gasteiger partial charge in [0.2, 0.25) is 0 Å². The number of aliphatic hydroxyl groups is 1. The maximum Gasteiger partial charge on any atom is 0.319 e. The summed E-state index contributed by atoms with van der Waals surface area (Å²) in [5.74, 6) is -1.89. The molecule has 0 aliphatic rings. The Hall–Kier alpha value is -1.40. The quantitative estimate of drug-likeness (QED) is 0.782.